The number of amides is 1. The van der Waals surface area contributed by atoms with Crippen LogP contribution in [0.25, 0.3) is 0 Å². The van der Waals surface area contributed by atoms with Gasteiger partial charge in [0, 0.05) is 11.3 Å². The number of hydrogen-bond acceptors (Lipinski definition) is 5. The van der Waals surface area contributed by atoms with Crippen LogP contribution in [-0.4, -0.2) is 25.6 Å². The SMILES string of the molecule is COc1ccccc1CCC(=O)OCC(=O)NC(c1ccc(F)cc1)c1cccs1. The molecule has 0 radical (unpaired) electrons. The smallest absolute Gasteiger partial charge is 0.306 e. The average molecular weight is 427 g/mol. The van der Waals surface area contributed by atoms with Gasteiger partial charge in [0.2, 0.25) is 0 Å². The Hall–Kier alpha value is -3.19. The summed E-state index contributed by atoms with van der Waals surface area (Å²) in [4.78, 5) is 25.4. The number of para-hydroxylation sites is 1. The average Bonchev–Trinajstić information content (AvgIpc) is 3.30. The second-order valence-corrected chi connectivity index (χ2v) is 7.52. The standard InChI is InChI=1S/C23H22FNO4S/c1-28-19-6-3-2-5-16(19)10-13-22(27)29-15-21(26)25-23(20-7-4-14-30-20)17-8-11-18(24)12-9-17/h2-9,11-12,14,23H,10,13,15H2,1H3,(H,25,26). The van der Waals surface area contributed by atoms with Gasteiger partial charge in [-0.05, 0) is 47.2 Å². The predicted molar refractivity (Wildman–Crippen MR) is 113 cm³/mol. The van der Waals surface area contributed by atoms with Gasteiger partial charge < -0.3 is 14.8 Å². The predicted octanol–water partition coefficient (Wildman–Crippen LogP) is 4.28. The highest BCUT2D eigenvalue weighted by Gasteiger charge is 2.19. The molecule has 5 nitrogen and oxygen atoms in total. The van der Waals surface area contributed by atoms with Gasteiger partial charge in [-0.25, -0.2) is 4.39 Å². The van der Waals surface area contributed by atoms with Crippen LogP contribution in [-0.2, 0) is 20.7 Å². The lowest BCUT2D eigenvalue weighted by Gasteiger charge is -2.18. The van der Waals surface area contributed by atoms with E-state index in [0.29, 0.717) is 12.2 Å². The minimum Gasteiger partial charge on any atom is -0.496 e. The zero-order valence-corrected chi connectivity index (χ0v) is 17.3. The van der Waals surface area contributed by atoms with Crippen molar-refractivity contribution < 1.29 is 23.5 Å². The topological polar surface area (TPSA) is 64.6 Å². The molecule has 1 unspecified atom stereocenters. The van der Waals surface area contributed by atoms with E-state index in [1.54, 1.807) is 19.2 Å². The molecule has 0 saturated carbocycles. The van der Waals surface area contributed by atoms with Crippen molar-refractivity contribution in [2.75, 3.05) is 13.7 Å². The second-order valence-electron chi connectivity index (χ2n) is 6.54. The van der Waals surface area contributed by atoms with Crippen LogP contribution in [0.5, 0.6) is 5.75 Å². The lowest BCUT2D eigenvalue weighted by atomic mass is 10.1. The van der Waals surface area contributed by atoms with E-state index in [9.17, 15) is 14.0 Å². The number of aryl methyl sites for hydroxylation is 1. The van der Waals surface area contributed by atoms with Crippen molar-refractivity contribution in [3.63, 3.8) is 0 Å². The molecule has 0 spiro atoms. The summed E-state index contributed by atoms with van der Waals surface area (Å²) < 4.78 is 23.6. The van der Waals surface area contributed by atoms with Crippen LogP contribution in [0.2, 0.25) is 0 Å². The van der Waals surface area contributed by atoms with Crippen molar-refractivity contribution in [1.82, 2.24) is 5.32 Å². The largest absolute Gasteiger partial charge is 0.496 e. The summed E-state index contributed by atoms with van der Waals surface area (Å²) in [6.07, 6.45) is 0.595. The first kappa shape index (κ1) is 21.5. The molecule has 1 amide bonds. The normalized spacial score (nSPS) is 11.5. The fourth-order valence-electron chi connectivity index (χ4n) is 3.00. The maximum Gasteiger partial charge on any atom is 0.306 e. The molecule has 7 heteroatoms. The second kappa shape index (κ2) is 10.5. The number of ether oxygens (including phenoxy) is 2. The summed E-state index contributed by atoms with van der Waals surface area (Å²) in [5, 5.41) is 4.75. The molecule has 1 N–H and O–H groups in total. The third kappa shape index (κ3) is 5.90. The summed E-state index contributed by atoms with van der Waals surface area (Å²) in [5.41, 5.74) is 1.64. The van der Waals surface area contributed by atoms with Gasteiger partial charge in [-0.2, -0.15) is 0 Å². The number of carbonyl (C=O) groups is 2. The fraction of sp³-hybridized carbons (Fsp3) is 0.217. The Morgan fingerprint density at radius 2 is 1.83 bits per heavy atom. The molecule has 2 aromatic carbocycles. The first-order valence-corrected chi connectivity index (χ1v) is 10.3. The van der Waals surface area contributed by atoms with Gasteiger partial charge in [0.05, 0.1) is 13.2 Å². The van der Waals surface area contributed by atoms with Crippen molar-refractivity contribution in [2.24, 2.45) is 0 Å². The summed E-state index contributed by atoms with van der Waals surface area (Å²) >= 11 is 1.48. The molecule has 0 fully saturated rings. The van der Waals surface area contributed by atoms with E-state index < -0.39 is 17.9 Å². The van der Waals surface area contributed by atoms with Crippen LogP contribution < -0.4 is 10.1 Å². The number of halogens is 1. The molecule has 1 atom stereocenters. The highest BCUT2D eigenvalue weighted by Crippen LogP contribution is 2.26. The highest BCUT2D eigenvalue weighted by molar-refractivity contribution is 7.10. The number of nitrogens with one attached hydrogen (secondary N) is 1. The molecule has 0 aliphatic carbocycles. The van der Waals surface area contributed by atoms with Crippen LogP contribution in [0.3, 0.4) is 0 Å². The van der Waals surface area contributed by atoms with Crippen molar-refractivity contribution >= 4 is 23.2 Å². The van der Waals surface area contributed by atoms with E-state index in [4.69, 9.17) is 9.47 Å². The summed E-state index contributed by atoms with van der Waals surface area (Å²) in [7, 11) is 1.58. The Bertz CT molecular complexity index is 973. The first-order valence-electron chi connectivity index (χ1n) is 9.42. The van der Waals surface area contributed by atoms with E-state index in [1.165, 1.54) is 23.5 Å². The van der Waals surface area contributed by atoms with E-state index in [-0.39, 0.29) is 18.8 Å². The van der Waals surface area contributed by atoms with Gasteiger partial charge in [0.1, 0.15) is 11.6 Å². The van der Waals surface area contributed by atoms with E-state index in [1.807, 2.05) is 41.8 Å². The number of thiophene rings is 1. The Balaban J connectivity index is 1.54. The number of rotatable bonds is 9. The molecule has 0 aliphatic heterocycles. The Kier molecular flexibility index (Phi) is 7.57. The van der Waals surface area contributed by atoms with Crippen molar-refractivity contribution in [3.8, 4) is 5.75 Å². The third-order valence-corrected chi connectivity index (χ3v) is 5.43. The number of hydrogen-bond donors (Lipinski definition) is 1. The van der Waals surface area contributed by atoms with Crippen LogP contribution in [0.15, 0.2) is 66.0 Å². The van der Waals surface area contributed by atoms with E-state index >= 15 is 0 Å². The Morgan fingerprint density at radius 1 is 1.07 bits per heavy atom. The molecule has 156 valence electrons. The quantitative estimate of drug-likeness (QED) is 0.518. The summed E-state index contributed by atoms with van der Waals surface area (Å²) in [5.74, 6) is -0.533. The minimum atomic E-state index is -0.467. The number of methoxy groups -OCH3 is 1. The van der Waals surface area contributed by atoms with Crippen LogP contribution in [0, 0.1) is 5.82 Å². The number of esters is 1. The molecular weight excluding hydrogens is 405 g/mol. The molecule has 3 aromatic rings. The monoisotopic (exact) mass is 427 g/mol. The van der Waals surface area contributed by atoms with Crippen molar-refractivity contribution in [1.29, 1.82) is 0 Å². The Morgan fingerprint density at radius 3 is 2.53 bits per heavy atom. The molecule has 3 rings (SSSR count). The van der Waals surface area contributed by atoms with Crippen LogP contribution >= 0.6 is 11.3 Å². The van der Waals surface area contributed by atoms with E-state index in [0.717, 1.165) is 16.0 Å². The van der Waals surface area contributed by atoms with Gasteiger partial charge in [0.25, 0.3) is 5.91 Å². The number of benzene rings is 2. The first-order chi connectivity index (χ1) is 14.6. The minimum absolute atomic E-state index is 0.139. The van der Waals surface area contributed by atoms with E-state index in [2.05, 4.69) is 5.32 Å². The molecule has 0 aliphatic rings. The van der Waals surface area contributed by atoms with Gasteiger partial charge in [-0.15, -0.1) is 11.3 Å². The van der Waals surface area contributed by atoms with Crippen molar-refractivity contribution in [3.05, 3.63) is 87.9 Å². The van der Waals surface area contributed by atoms with Gasteiger partial charge in [-0.1, -0.05) is 36.4 Å². The zero-order valence-electron chi connectivity index (χ0n) is 16.5. The fourth-order valence-corrected chi connectivity index (χ4v) is 3.80. The zero-order chi connectivity index (χ0) is 21.3. The van der Waals surface area contributed by atoms with Crippen molar-refractivity contribution in [2.45, 2.75) is 18.9 Å². The maximum atomic E-state index is 13.3. The summed E-state index contributed by atoms with van der Waals surface area (Å²) in [6, 6.07) is 16.7. The lowest BCUT2D eigenvalue weighted by Crippen LogP contribution is -2.32. The molecule has 30 heavy (non-hydrogen) atoms. The molecule has 0 bridgehead atoms. The molecule has 1 heterocycles. The van der Waals surface area contributed by atoms with Crippen LogP contribution in [0.1, 0.15) is 28.5 Å². The lowest BCUT2D eigenvalue weighted by molar-refractivity contribution is -0.148. The highest BCUT2D eigenvalue weighted by atomic mass is 32.1. The van der Waals surface area contributed by atoms with Gasteiger partial charge in [0.15, 0.2) is 6.61 Å². The third-order valence-electron chi connectivity index (χ3n) is 4.49. The Labute approximate surface area is 178 Å². The van der Waals surface area contributed by atoms with Crippen LogP contribution in [0.4, 0.5) is 4.39 Å². The molecule has 0 saturated heterocycles. The number of carbonyl (C=O) groups excluding carboxylic acids is 2. The van der Waals surface area contributed by atoms with Gasteiger partial charge in [-0.3, -0.25) is 9.59 Å². The molecular formula is C23H22FNO4S. The maximum absolute atomic E-state index is 13.3. The summed E-state index contributed by atoms with van der Waals surface area (Å²) in [6.45, 7) is -0.381. The van der Waals surface area contributed by atoms with Gasteiger partial charge >= 0.3 is 5.97 Å². The molecule has 1 aromatic heterocycles.